The maximum atomic E-state index is 6.30. The molecule has 0 fully saturated rings. The van der Waals surface area contributed by atoms with Crippen LogP contribution < -0.4 is 14.8 Å². The van der Waals surface area contributed by atoms with Gasteiger partial charge < -0.3 is 14.8 Å². The van der Waals surface area contributed by atoms with Crippen LogP contribution in [0.15, 0.2) is 23.7 Å². The quantitative estimate of drug-likeness (QED) is 0.941. The molecule has 0 bridgehead atoms. The van der Waals surface area contributed by atoms with Crippen molar-refractivity contribution in [2.45, 2.75) is 13.0 Å². The van der Waals surface area contributed by atoms with Crippen LogP contribution in [0.3, 0.4) is 0 Å². The van der Waals surface area contributed by atoms with E-state index in [4.69, 9.17) is 21.1 Å². The summed E-state index contributed by atoms with van der Waals surface area (Å²) in [6, 6.07) is 3.92. The molecule has 1 N–H and O–H groups in total. The molecule has 0 saturated carbocycles. The normalized spacial score (nSPS) is 15.1. The predicted octanol–water partition coefficient (Wildman–Crippen LogP) is 3.27. The van der Waals surface area contributed by atoms with E-state index in [0.29, 0.717) is 29.7 Å². The van der Waals surface area contributed by atoms with Crippen molar-refractivity contribution >= 4 is 22.9 Å². The molecule has 0 saturated heterocycles. The number of ether oxygens (including phenoxy) is 2. The Morgan fingerprint density at radius 1 is 1.40 bits per heavy atom. The molecule has 0 amide bonds. The third kappa shape index (κ3) is 2.61. The summed E-state index contributed by atoms with van der Waals surface area (Å²) in [4.78, 5) is 4.39. The van der Waals surface area contributed by atoms with Crippen molar-refractivity contribution in [1.29, 1.82) is 0 Å². The lowest BCUT2D eigenvalue weighted by atomic mass is 10.1. The zero-order valence-electron chi connectivity index (χ0n) is 11.1. The molecule has 4 nitrogen and oxygen atoms in total. The summed E-state index contributed by atoms with van der Waals surface area (Å²) in [5.74, 6) is 1.34. The molecule has 6 heteroatoms. The molecule has 2 heterocycles. The first-order chi connectivity index (χ1) is 9.79. The SMILES string of the molecule is CCNC(c1cc(Cl)c2c(c1)OCCO2)c1nccs1. The van der Waals surface area contributed by atoms with E-state index < -0.39 is 0 Å². The Morgan fingerprint density at radius 2 is 2.25 bits per heavy atom. The second-order valence-electron chi connectivity index (χ2n) is 4.39. The average Bonchev–Trinajstić information content (AvgIpc) is 2.98. The third-order valence-electron chi connectivity index (χ3n) is 3.06. The number of hydrogen-bond donors (Lipinski definition) is 1. The van der Waals surface area contributed by atoms with Gasteiger partial charge in [0.1, 0.15) is 18.2 Å². The van der Waals surface area contributed by atoms with Gasteiger partial charge in [-0.1, -0.05) is 18.5 Å². The Bertz CT molecular complexity index is 589. The average molecular weight is 311 g/mol. The van der Waals surface area contributed by atoms with Crippen LogP contribution in [0.5, 0.6) is 11.5 Å². The number of nitrogens with zero attached hydrogens (tertiary/aromatic N) is 1. The highest BCUT2D eigenvalue weighted by molar-refractivity contribution is 7.09. The first kappa shape index (κ1) is 13.7. The van der Waals surface area contributed by atoms with E-state index in [1.807, 2.05) is 23.7 Å². The molecule has 1 aliphatic rings. The van der Waals surface area contributed by atoms with E-state index in [1.54, 1.807) is 11.3 Å². The molecule has 106 valence electrons. The smallest absolute Gasteiger partial charge is 0.179 e. The Hall–Kier alpha value is -1.30. The van der Waals surface area contributed by atoms with Crippen molar-refractivity contribution in [2.75, 3.05) is 19.8 Å². The summed E-state index contributed by atoms with van der Waals surface area (Å²) in [5.41, 5.74) is 1.04. The van der Waals surface area contributed by atoms with Crippen LogP contribution in [-0.2, 0) is 0 Å². The summed E-state index contributed by atoms with van der Waals surface area (Å²) >= 11 is 7.92. The van der Waals surface area contributed by atoms with Crippen LogP contribution in [-0.4, -0.2) is 24.7 Å². The van der Waals surface area contributed by atoms with Crippen LogP contribution in [0.2, 0.25) is 5.02 Å². The Labute approximate surface area is 126 Å². The van der Waals surface area contributed by atoms with Crippen molar-refractivity contribution in [2.24, 2.45) is 0 Å². The van der Waals surface area contributed by atoms with E-state index in [1.165, 1.54) is 0 Å². The van der Waals surface area contributed by atoms with Gasteiger partial charge in [-0.2, -0.15) is 0 Å². The van der Waals surface area contributed by atoms with Gasteiger partial charge in [-0.25, -0.2) is 4.98 Å². The first-order valence-corrected chi connectivity index (χ1v) is 7.77. The van der Waals surface area contributed by atoms with Crippen molar-refractivity contribution in [3.05, 3.63) is 39.3 Å². The Kier molecular flexibility index (Phi) is 4.10. The minimum Gasteiger partial charge on any atom is -0.486 e. The molecular formula is C14H15ClN2O2S. The molecule has 1 aliphatic heterocycles. The number of benzene rings is 1. The topological polar surface area (TPSA) is 43.4 Å². The van der Waals surface area contributed by atoms with Crippen molar-refractivity contribution in [3.8, 4) is 11.5 Å². The number of halogens is 1. The number of thiazole rings is 1. The number of aromatic nitrogens is 1. The molecule has 2 aromatic rings. The second kappa shape index (κ2) is 5.99. The van der Waals surface area contributed by atoms with Gasteiger partial charge in [0.15, 0.2) is 11.5 Å². The van der Waals surface area contributed by atoms with Crippen molar-refractivity contribution in [1.82, 2.24) is 10.3 Å². The minimum atomic E-state index is 0.0216. The van der Waals surface area contributed by atoms with Crippen molar-refractivity contribution in [3.63, 3.8) is 0 Å². The predicted molar refractivity (Wildman–Crippen MR) is 80.1 cm³/mol. The highest BCUT2D eigenvalue weighted by atomic mass is 35.5. The molecule has 1 atom stereocenters. The fourth-order valence-electron chi connectivity index (χ4n) is 2.23. The van der Waals surface area contributed by atoms with Crippen LogP contribution in [0.1, 0.15) is 23.5 Å². The molecule has 0 aliphatic carbocycles. The molecule has 1 aromatic heterocycles. The van der Waals surface area contributed by atoms with Crippen LogP contribution in [0.4, 0.5) is 0 Å². The number of nitrogens with one attached hydrogen (secondary N) is 1. The summed E-state index contributed by atoms with van der Waals surface area (Å²) in [5, 5.41) is 6.99. The van der Waals surface area contributed by atoms with Gasteiger partial charge in [-0.15, -0.1) is 11.3 Å². The maximum absolute atomic E-state index is 6.30. The zero-order chi connectivity index (χ0) is 13.9. The number of fused-ring (bicyclic) bond motifs is 1. The minimum absolute atomic E-state index is 0.0216. The monoisotopic (exact) mass is 310 g/mol. The van der Waals surface area contributed by atoms with Crippen LogP contribution in [0.25, 0.3) is 0 Å². The second-order valence-corrected chi connectivity index (χ2v) is 5.72. The highest BCUT2D eigenvalue weighted by Crippen LogP contribution is 2.40. The third-order valence-corrected chi connectivity index (χ3v) is 4.18. The van der Waals surface area contributed by atoms with E-state index in [0.717, 1.165) is 17.1 Å². The van der Waals surface area contributed by atoms with E-state index >= 15 is 0 Å². The van der Waals surface area contributed by atoms with Crippen LogP contribution in [0, 0.1) is 0 Å². The summed E-state index contributed by atoms with van der Waals surface area (Å²) in [7, 11) is 0. The van der Waals surface area contributed by atoms with Gasteiger partial charge in [-0.05, 0) is 24.2 Å². The van der Waals surface area contributed by atoms with E-state index in [2.05, 4.69) is 17.2 Å². The fraction of sp³-hybridized carbons (Fsp3) is 0.357. The van der Waals surface area contributed by atoms with Gasteiger partial charge in [0, 0.05) is 11.6 Å². The van der Waals surface area contributed by atoms with E-state index in [-0.39, 0.29) is 6.04 Å². The van der Waals surface area contributed by atoms with Crippen LogP contribution >= 0.6 is 22.9 Å². The van der Waals surface area contributed by atoms with Crippen molar-refractivity contribution < 1.29 is 9.47 Å². The standard InChI is InChI=1S/C14H15ClN2O2S/c1-2-16-12(14-17-3-6-20-14)9-7-10(15)13-11(8-9)18-4-5-19-13/h3,6-8,12,16H,2,4-5H2,1H3. The summed E-state index contributed by atoms with van der Waals surface area (Å²) < 4.78 is 11.2. The molecule has 0 radical (unpaired) electrons. The highest BCUT2D eigenvalue weighted by Gasteiger charge is 2.22. The number of rotatable bonds is 4. The molecule has 20 heavy (non-hydrogen) atoms. The summed E-state index contributed by atoms with van der Waals surface area (Å²) in [6.45, 7) is 4.00. The lowest BCUT2D eigenvalue weighted by Gasteiger charge is -2.23. The van der Waals surface area contributed by atoms with Gasteiger partial charge in [0.25, 0.3) is 0 Å². The number of hydrogen-bond acceptors (Lipinski definition) is 5. The van der Waals surface area contributed by atoms with Gasteiger partial charge in [0.2, 0.25) is 0 Å². The Balaban J connectivity index is 2.01. The molecule has 3 rings (SSSR count). The summed E-state index contributed by atoms with van der Waals surface area (Å²) in [6.07, 6.45) is 1.81. The van der Waals surface area contributed by atoms with Gasteiger partial charge in [-0.3, -0.25) is 0 Å². The van der Waals surface area contributed by atoms with E-state index in [9.17, 15) is 0 Å². The van der Waals surface area contributed by atoms with Gasteiger partial charge >= 0.3 is 0 Å². The molecular weight excluding hydrogens is 296 g/mol. The molecule has 1 unspecified atom stereocenters. The molecule has 1 aromatic carbocycles. The maximum Gasteiger partial charge on any atom is 0.179 e. The lowest BCUT2D eigenvalue weighted by Crippen LogP contribution is -2.22. The Morgan fingerprint density at radius 3 is 3.00 bits per heavy atom. The van der Waals surface area contributed by atoms with Gasteiger partial charge in [0.05, 0.1) is 11.1 Å². The zero-order valence-corrected chi connectivity index (χ0v) is 12.6. The fourth-order valence-corrected chi connectivity index (χ4v) is 3.24. The molecule has 0 spiro atoms. The largest absolute Gasteiger partial charge is 0.486 e. The lowest BCUT2D eigenvalue weighted by molar-refractivity contribution is 0.171. The first-order valence-electron chi connectivity index (χ1n) is 6.51.